The van der Waals surface area contributed by atoms with Crippen LogP contribution in [-0.2, 0) is 44.7 Å². The molecule has 8 nitrogen and oxygen atoms in total. The van der Waals surface area contributed by atoms with E-state index in [9.17, 15) is 19.2 Å². The second-order valence-electron chi connectivity index (χ2n) is 8.02. The van der Waals surface area contributed by atoms with E-state index in [1.165, 1.54) is 46.7 Å². The SMILES string of the molecule is COC(=O)c1c(N2CC(=O)N(c3sc4c(c3C(=O)OC)CCC4)CC2=O)sc2c1CCC2. The number of hydrogen-bond acceptors (Lipinski definition) is 8. The number of carbonyl (C=O) groups is 4. The van der Waals surface area contributed by atoms with Crippen LogP contribution in [0.2, 0.25) is 0 Å². The number of ether oxygens (including phenoxy) is 2. The maximum Gasteiger partial charge on any atom is 0.341 e. The molecule has 3 heterocycles. The smallest absolute Gasteiger partial charge is 0.341 e. The monoisotopic (exact) mass is 474 g/mol. The van der Waals surface area contributed by atoms with Crippen molar-refractivity contribution in [3.8, 4) is 0 Å². The van der Waals surface area contributed by atoms with E-state index in [1.54, 1.807) is 0 Å². The normalized spacial score (nSPS) is 17.6. The lowest BCUT2D eigenvalue weighted by molar-refractivity contribution is -0.125. The van der Waals surface area contributed by atoms with Crippen molar-refractivity contribution in [2.75, 3.05) is 37.1 Å². The number of rotatable bonds is 4. The molecule has 168 valence electrons. The van der Waals surface area contributed by atoms with E-state index in [2.05, 4.69) is 0 Å². The Labute approximate surface area is 192 Å². The first-order chi connectivity index (χ1) is 15.4. The van der Waals surface area contributed by atoms with Gasteiger partial charge in [0.25, 0.3) is 0 Å². The summed E-state index contributed by atoms with van der Waals surface area (Å²) in [5.74, 6) is -1.55. The van der Waals surface area contributed by atoms with Gasteiger partial charge in [-0.1, -0.05) is 0 Å². The molecule has 0 bridgehead atoms. The Morgan fingerprint density at radius 1 is 0.719 bits per heavy atom. The van der Waals surface area contributed by atoms with E-state index in [0.717, 1.165) is 59.4 Å². The fraction of sp³-hybridized carbons (Fsp3) is 0.455. The number of piperazine rings is 1. The van der Waals surface area contributed by atoms with Crippen LogP contribution < -0.4 is 9.80 Å². The first-order valence-corrected chi connectivity index (χ1v) is 12.1. The minimum atomic E-state index is -0.482. The molecule has 0 unspecified atom stereocenters. The quantitative estimate of drug-likeness (QED) is 0.633. The zero-order valence-corrected chi connectivity index (χ0v) is 19.5. The van der Waals surface area contributed by atoms with E-state index in [4.69, 9.17) is 9.47 Å². The van der Waals surface area contributed by atoms with E-state index in [-0.39, 0.29) is 24.9 Å². The number of methoxy groups -OCH3 is 2. The first-order valence-electron chi connectivity index (χ1n) is 10.5. The lowest BCUT2D eigenvalue weighted by atomic mass is 10.1. The third-order valence-electron chi connectivity index (χ3n) is 6.26. The van der Waals surface area contributed by atoms with Gasteiger partial charge >= 0.3 is 11.9 Å². The number of carbonyl (C=O) groups excluding carboxylic acids is 4. The lowest BCUT2D eigenvalue weighted by Crippen LogP contribution is -2.54. The summed E-state index contributed by atoms with van der Waals surface area (Å²) < 4.78 is 9.96. The zero-order valence-electron chi connectivity index (χ0n) is 17.8. The summed E-state index contributed by atoms with van der Waals surface area (Å²) in [7, 11) is 2.64. The zero-order chi connectivity index (χ0) is 22.6. The molecule has 0 aromatic carbocycles. The Hall–Kier alpha value is -2.72. The molecule has 0 atom stereocenters. The largest absolute Gasteiger partial charge is 0.465 e. The van der Waals surface area contributed by atoms with Crippen LogP contribution >= 0.6 is 22.7 Å². The van der Waals surface area contributed by atoms with Crippen LogP contribution in [0.4, 0.5) is 10.0 Å². The van der Waals surface area contributed by atoms with Crippen molar-refractivity contribution in [1.29, 1.82) is 0 Å². The molecule has 2 aromatic heterocycles. The maximum absolute atomic E-state index is 13.2. The Morgan fingerprint density at radius 3 is 1.50 bits per heavy atom. The molecular formula is C22H22N2O6S2. The lowest BCUT2D eigenvalue weighted by Gasteiger charge is -2.33. The average molecular weight is 475 g/mol. The van der Waals surface area contributed by atoms with Gasteiger partial charge in [0.1, 0.15) is 23.1 Å². The molecule has 5 rings (SSSR count). The molecule has 0 radical (unpaired) electrons. The summed E-state index contributed by atoms with van der Waals surface area (Å²) in [5, 5.41) is 0.975. The van der Waals surface area contributed by atoms with Crippen LogP contribution in [-0.4, -0.2) is 51.1 Å². The van der Waals surface area contributed by atoms with Crippen molar-refractivity contribution in [3.63, 3.8) is 0 Å². The molecule has 2 aliphatic carbocycles. The molecule has 0 spiro atoms. The highest BCUT2D eigenvalue weighted by Gasteiger charge is 2.40. The second-order valence-corrected chi connectivity index (χ2v) is 10.2. The summed E-state index contributed by atoms with van der Waals surface area (Å²) in [6.07, 6.45) is 5.17. The van der Waals surface area contributed by atoms with Gasteiger partial charge in [0, 0.05) is 9.75 Å². The van der Waals surface area contributed by atoms with Crippen LogP contribution in [0.5, 0.6) is 0 Å². The van der Waals surface area contributed by atoms with Gasteiger partial charge in [-0.2, -0.15) is 0 Å². The van der Waals surface area contributed by atoms with Gasteiger partial charge in [-0.3, -0.25) is 19.4 Å². The number of anilines is 2. The number of aryl methyl sites for hydroxylation is 2. The highest BCUT2D eigenvalue weighted by molar-refractivity contribution is 7.17. The van der Waals surface area contributed by atoms with E-state index in [0.29, 0.717) is 21.1 Å². The van der Waals surface area contributed by atoms with Gasteiger partial charge in [-0.25, -0.2) is 9.59 Å². The van der Waals surface area contributed by atoms with Gasteiger partial charge in [-0.15, -0.1) is 22.7 Å². The molecule has 1 saturated heterocycles. The highest BCUT2D eigenvalue weighted by Crippen LogP contribution is 2.44. The molecule has 10 heteroatoms. The van der Waals surface area contributed by atoms with Crippen LogP contribution in [0.15, 0.2) is 0 Å². The van der Waals surface area contributed by atoms with Crippen molar-refractivity contribution < 1.29 is 28.7 Å². The number of esters is 2. The third kappa shape index (κ3) is 3.15. The van der Waals surface area contributed by atoms with Gasteiger partial charge in [0.05, 0.1) is 25.3 Å². The summed E-state index contributed by atoms with van der Waals surface area (Å²) in [4.78, 5) is 56.4. The predicted octanol–water partition coefficient (Wildman–Crippen LogP) is 2.74. The fourth-order valence-electron chi connectivity index (χ4n) is 4.77. The van der Waals surface area contributed by atoms with Crippen molar-refractivity contribution in [2.24, 2.45) is 0 Å². The number of fused-ring (bicyclic) bond motifs is 2. The summed E-state index contributed by atoms with van der Waals surface area (Å²) >= 11 is 2.79. The van der Waals surface area contributed by atoms with Crippen LogP contribution in [0.1, 0.15) is 54.4 Å². The number of thiophene rings is 2. The molecule has 0 saturated carbocycles. The van der Waals surface area contributed by atoms with Crippen molar-refractivity contribution in [2.45, 2.75) is 38.5 Å². The topological polar surface area (TPSA) is 93.2 Å². The van der Waals surface area contributed by atoms with E-state index >= 15 is 0 Å². The summed E-state index contributed by atoms with van der Waals surface area (Å²) in [5.41, 5.74) is 2.68. The van der Waals surface area contributed by atoms with Crippen LogP contribution in [0.3, 0.4) is 0 Å². The average Bonchev–Trinajstić information content (AvgIpc) is 3.54. The van der Waals surface area contributed by atoms with Crippen molar-refractivity contribution >= 4 is 56.4 Å². The Kier molecular flexibility index (Phi) is 5.29. The van der Waals surface area contributed by atoms with Gasteiger partial charge in [-0.05, 0) is 49.7 Å². The van der Waals surface area contributed by atoms with Crippen molar-refractivity contribution in [3.05, 3.63) is 32.0 Å². The molecule has 3 aliphatic rings. The summed E-state index contributed by atoms with van der Waals surface area (Å²) in [6.45, 7) is -0.378. The number of amides is 2. The second kappa shape index (κ2) is 8.00. The predicted molar refractivity (Wildman–Crippen MR) is 120 cm³/mol. The Bertz CT molecular complexity index is 1070. The van der Waals surface area contributed by atoms with Gasteiger partial charge < -0.3 is 9.47 Å². The molecule has 2 aromatic rings. The minimum absolute atomic E-state index is 0.189. The minimum Gasteiger partial charge on any atom is -0.465 e. The maximum atomic E-state index is 13.2. The molecular weight excluding hydrogens is 452 g/mol. The highest BCUT2D eigenvalue weighted by atomic mass is 32.1. The van der Waals surface area contributed by atoms with E-state index < -0.39 is 11.9 Å². The molecule has 1 aliphatic heterocycles. The Morgan fingerprint density at radius 2 is 1.12 bits per heavy atom. The number of nitrogens with zero attached hydrogens (tertiary/aromatic N) is 2. The van der Waals surface area contributed by atoms with Crippen LogP contribution in [0.25, 0.3) is 0 Å². The third-order valence-corrected chi connectivity index (χ3v) is 8.89. The summed E-state index contributed by atoms with van der Waals surface area (Å²) in [6, 6.07) is 0. The van der Waals surface area contributed by atoms with Gasteiger partial charge in [0.2, 0.25) is 11.8 Å². The van der Waals surface area contributed by atoms with Crippen molar-refractivity contribution in [1.82, 2.24) is 0 Å². The Balaban J connectivity index is 1.49. The van der Waals surface area contributed by atoms with Crippen LogP contribution in [0, 0.1) is 0 Å². The van der Waals surface area contributed by atoms with E-state index in [1.807, 2.05) is 0 Å². The molecule has 0 N–H and O–H groups in total. The standard InChI is InChI=1S/C22H22N2O6S2/c1-29-21(27)17-11-5-3-7-13(11)31-19(17)23-9-16(26)24(10-15(23)25)20-18(22(28)30-2)12-6-4-8-14(12)32-20/h3-10H2,1-2H3. The number of hydrogen-bond donors (Lipinski definition) is 0. The van der Waals surface area contributed by atoms with Gasteiger partial charge in [0.15, 0.2) is 0 Å². The first kappa shape index (κ1) is 21.1. The molecule has 2 amide bonds. The fourth-order valence-corrected chi connectivity index (χ4v) is 7.56. The molecule has 32 heavy (non-hydrogen) atoms. The molecule has 1 fully saturated rings.